The summed E-state index contributed by atoms with van der Waals surface area (Å²) < 4.78 is 1.37. The number of nitrogens with one attached hydrogen (secondary N) is 1. The minimum Gasteiger partial charge on any atom is -0.369 e. The first-order chi connectivity index (χ1) is 14.4. The van der Waals surface area contributed by atoms with Gasteiger partial charge in [0.2, 0.25) is 0 Å². The molecule has 0 unspecified atom stereocenters. The fourth-order valence-corrected chi connectivity index (χ4v) is 3.73. The van der Waals surface area contributed by atoms with Gasteiger partial charge < -0.3 is 15.1 Å². The normalized spacial score (nSPS) is 15.0. The van der Waals surface area contributed by atoms with Crippen LogP contribution in [0.1, 0.15) is 30.4 Å². The molecule has 0 aliphatic carbocycles. The minimum absolute atomic E-state index is 0.142. The smallest absolute Gasteiger partial charge is 0.276 e. The Morgan fingerprint density at radius 2 is 1.60 bits per heavy atom. The van der Waals surface area contributed by atoms with E-state index >= 15 is 0 Å². The summed E-state index contributed by atoms with van der Waals surface area (Å²) in [7, 11) is 2.14. The molecule has 1 amide bonds. The van der Waals surface area contributed by atoms with E-state index in [1.54, 1.807) is 18.2 Å². The molecule has 1 fully saturated rings. The summed E-state index contributed by atoms with van der Waals surface area (Å²) in [6.45, 7) is 7.83. The number of benzene rings is 2. The van der Waals surface area contributed by atoms with Gasteiger partial charge in [-0.15, -0.1) is 0 Å². The average Bonchev–Trinajstić information content (AvgIpc) is 2.75. The number of amides is 1. The Bertz CT molecular complexity index is 1110. The third-order valence-electron chi connectivity index (χ3n) is 5.53. The van der Waals surface area contributed by atoms with Crippen molar-refractivity contribution in [2.75, 3.05) is 43.4 Å². The van der Waals surface area contributed by atoms with Crippen LogP contribution in [0.5, 0.6) is 0 Å². The Labute approximate surface area is 175 Å². The summed E-state index contributed by atoms with van der Waals surface area (Å²) in [6, 6.07) is 14.8. The van der Waals surface area contributed by atoms with E-state index in [0.29, 0.717) is 16.5 Å². The van der Waals surface area contributed by atoms with Crippen molar-refractivity contribution in [1.82, 2.24) is 14.7 Å². The van der Waals surface area contributed by atoms with Crippen LogP contribution in [0.4, 0.5) is 11.4 Å². The highest BCUT2D eigenvalue weighted by molar-refractivity contribution is 6.11. The van der Waals surface area contributed by atoms with Crippen molar-refractivity contribution in [3.63, 3.8) is 0 Å². The lowest BCUT2D eigenvalue weighted by atomic mass is 10.1. The zero-order chi connectivity index (χ0) is 21.3. The average molecular weight is 406 g/mol. The summed E-state index contributed by atoms with van der Waals surface area (Å²) in [5.74, 6) is -0.326. The van der Waals surface area contributed by atoms with Gasteiger partial charge in [-0.05, 0) is 51.2 Å². The van der Waals surface area contributed by atoms with Gasteiger partial charge in [0.05, 0.1) is 11.4 Å². The molecule has 1 aliphatic heterocycles. The van der Waals surface area contributed by atoms with Gasteiger partial charge in [0.1, 0.15) is 0 Å². The maximum absolute atomic E-state index is 13.0. The number of likely N-dealkylation sites (N-methyl/N-ethyl adjacent to an activating group) is 1. The topological polar surface area (TPSA) is 70.5 Å². The van der Waals surface area contributed by atoms with Crippen molar-refractivity contribution < 1.29 is 4.79 Å². The second kappa shape index (κ2) is 8.28. The molecule has 0 atom stereocenters. The largest absolute Gasteiger partial charge is 0.369 e. The molecular weight excluding hydrogens is 378 g/mol. The van der Waals surface area contributed by atoms with E-state index in [1.807, 2.05) is 44.2 Å². The first-order valence-electron chi connectivity index (χ1n) is 10.3. The van der Waals surface area contributed by atoms with E-state index in [-0.39, 0.29) is 23.2 Å². The summed E-state index contributed by atoms with van der Waals surface area (Å²) >= 11 is 0. The lowest BCUT2D eigenvalue weighted by Crippen LogP contribution is -2.44. The number of hydrogen-bond acceptors (Lipinski definition) is 5. The highest BCUT2D eigenvalue weighted by Crippen LogP contribution is 2.21. The molecule has 4 rings (SSSR count). The first kappa shape index (κ1) is 20.1. The van der Waals surface area contributed by atoms with Gasteiger partial charge in [-0.1, -0.05) is 18.2 Å². The standard InChI is InChI=1S/C23H27N5O2/c1-16(2)28-23(30)20-7-5-4-6-19(20)21(25-28)22(29)24-17-8-10-18(11-9-17)27-14-12-26(3)13-15-27/h4-11,16H,12-15H2,1-3H3,(H,24,29). The zero-order valence-corrected chi connectivity index (χ0v) is 17.6. The highest BCUT2D eigenvalue weighted by atomic mass is 16.2. The Morgan fingerprint density at radius 3 is 2.23 bits per heavy atom. The number of fused-ring (bicyclic) bond motifs is 1. The van der Waals surface area contributed by atoms with Crippen LogP contribution in [0.3, 0.4) is 0 Å². The molecule has 7 nitrogen and oxygen atoms in total. The highest BCUT2D eigenvalue weighted by Gasteiger charge is 2.18. The molecule has 7 heteroatoms. The fourth-order valence-electron chi connectivity index (χ4n) is 3.73. The van der Waals surface area contributed by atoms with Crippen LogP contribution in [0.2, 0.25) is 0 Å². The Balaban J connectivity index is 1.59. The summed E-state index contributed by atoms with van der Waals surface area (Å²) in [6.07, 6.45) is 0. The summed E-state index contributed by atoms with van der Waals surface area (Å²) in [5.41, 5.74) is 1.92. The number of piperazine rings is 1. The van der Waals surface area contributed by atoms with Gasteiger partial charge in [-0.2, -0.15) is 5.10 Å². The van der Waals surface area contributed by atoms with Crippen molar-refractivity contribution in [2.45, 2.75) is 19.9 Å². The molecule has 30 heavy (non-hydrogen) atoms. The van der Waals surface area contributed by atoms with E-state index in [2.05, 4.69) is 27.3 Å². The van der Waals surface area contributed by atoms with Gasteiger partial charge >= 0.3 is 0 Å². The lowest BCUT2D eigenvalue weighted by Gasteiger charge is -2.34. The molecule has 1 aromatic heterocycles. The van der Waals surface area contributed by atoms with Gasteiger partial charge in [-0.25, -0.2) is 4.68 Å². The molecular formula is C23H27N5O2. The van der Waals surface area contributed by atoms with Crippen molar-refractivity contribution >= 4 is 28.1 Å². The number of rotatable bonds is 4. The zero-order valence-electron chi connectivity index (χ0n) is 17.6. The molecule has 0 bridgehead atoms. The van der Waals surface area contributed by atoms with Crippen molar-refractivity contribution in [3.8, 4) is 0 Å². The van der Waals surface area contributed by atoms with Crippen LogP contribution in [0, 0.1) is 0 Å². The van der Waals surface area contributed by atoms with Gasteiger partial charge in [0.15, 0.2) is 5.69 Å². The minimum atomic E-state index is -0.326. The molecule has 2 heterocycles. The third-order valence-corrected chi connectivity index (χ3v) is 5.53. The summed E-state index contributed by atoms with van der Waals surface area (Å²) in [4.78, 5) is 30.4. The SMILES string of the molecule is CC(C)n1nc(C(=O)Nc2ccc(N3CCN(C)CC3)cc2)c2ccccc2c1=O. The van der Waals surface area contributed by atoms with E-state index in [4.69, 9.17) is 0 Å². The molecule has 1 N–H and O–H groups in total. The van der Waals surface area contributed by atoms with Crippen LogP contribution >= 0.6 is 0 Å². The van der Waals surface area contributed by atoms with Crippen molar-refractivity contribution in [1.29, 1.82) is 0 Å². The molecule has 1 saturated heterocycles. The quantitative estimate of drug-likeness (QED) is 0.723. The number of nitrogens with zero attached hydrogens (tertiary/aromatic N) is 4. The van der Waals surface area contributed by atoms with Gasteiger partial charge in [-0.3, -0.25) is 9.59 Å². The Morgan fingerprint density at radius 1 is 0.967 bits per heavy atom. The monoisotopic (exact) mass is 405 g/mol. The Hall–Kier alpha value is -3.19. The molecule has 0 radical (unpaired) electrons. The van der Waals surface area contributed by atoms with E-state index in [0.717, 1.165) is 31.9 Å². The molecule has 2 aromatic carbocycles. The van der Waals surface area contributed by atoms with Crippen LogP contribution < -0.4 is 15.8 Å². The predicted octanol–water partition coefficient (Wildman–Crippen LogP) is 2.98. The second-order valence-electron chi connectivity index (χ2n) is 8.03. The number of anilines is 2. The maximum atomic E-state index is 13.0. The summed E-state index contributed by atoms with van der Waals surface area (Å²) in [5, 5.41) is 8.36. The van der Waals surface area contributed by atoms with Crippen molar-refractivity contribution in [3.05, 3.63) is 64.6 Å². The maximum Gasteiger partial charge on any atom is 0.276 e. The van der Waals surface area contributed by atoms with Gasteiger partial charge in [0.25, 0.3) is 11.5 Å². The number of carbonyl (C=O) groups is 1. The van der Waals surface area contributed by atoms with Crippen LogP contribution in [-0.2, 0) is 0 Å². The van der Waals surface area contributed by atoms with E-state index in [9.17, 15) is 9.59 Å². The number of aromatic nitrogens is 2. The predicted molar refractivity (Wildman–Crippen MR) is 120 cm³/mol. The van der Waals surface area contributed by atoms with Crippen LogP contribution in [0.15, 0.2) is 53.3 Å². The first-order valence-corrected chi connectivity index (χ1v) is 10.3. The Kier molecular flexibility index (Phi) is 5.55. The van der Waals surface area contributed by atoms with E-state index in [1.165, 1.54) is 4.68 Å². The second-order valence-corrected chi connectivity index (χ2v) is 8.03. The molecule has 0 saturated carbocycles. The van der Waals surface area contributed by atoms with Crippen LogP contribution in [-0.4, -0.2) is 53.8 Å². The third kappa shape index (κ3) is 3.93. The van der Waals surface area contributed by atoms with Crippen molar-refractivity contribution in [2.24, 2.45) is 0 Å². The molecule has 3 aromatic rings. The molecule has 1 aliphatic rings. The lowest BCUT2D eigenvalue weighted by molar-refractivity contribution is 0.102. The number of hydrogen-bond donors (Lipinski definition) is 1. The van der Waals surface area contributed by atoms with E-state index < -0.39 is 0 Å². The fraction of sp³-hybridized carbons (Fsp3) is 0.348. The van der Waals surface area contributed by atoms with Crippen LogP contribution in [0.25, 0.3) is 10.8 Å². The molecule has 156 valence electrons. The number of carbonyl (C=O) groups excluding carboxylic acids is 1. The molecule has 0 spiro atoms. The van der Waals surface area contributed by atoms with Gasteiger partial charge in [0, 0.05) is 42.9 Å².